The largest absolute Gasteiger partial charge is 0.416 e. The van der Waals surface area contributed by atoms with E-state index in [2.05, 4.69) is 0 Å². The molecular weight excluding hydrogens is 243 g/mol. The number of carbonyl (C=O) groups is 1. The summed E-state index contributed by atoms with van der Waals surface area (Å²) in [6.07, 6.45) is -3.41. The Balaban J connectivity index is 2.65. The Kier molecular flexibility index (Phi) is 4.90. The van der Waals surface area contributed by atoms with Crippen LogP contribution in [0.3, 0.4) is 0 Å². The first-order valence-corrected chi connectivity index (χ1v) is 5.75. The van der Waals surface area contributed by atoms with Gasteiger partial charge in [-0.3, -0.25) is 4.79 Å². The maximum atomic E-state index is 12.3. The lowest BCUT2D eigenvalue weighted by molar-refractivity contribution is -0.137. The average molecular weight is 259 g/mol. The number of hydrogen-bond acceptors (Lipinski definition) is 2. The van der Waals surface area contributed by atoms with Gasteiger partial charge in [0.1, 0.15) is 0 Å². The van der Waals surface area contributed by atoms with Gasteiger partial charge in [-0.05, 0) is 31.0 Å². The predicted octanol–water partition coefficient (Wildman–Crippen LogP) is 3.26. The minimum absolute atomic E-state index is 0.149. The van der Waals surface area contributed by atoms with Crippen LogP contribution in [0.4, 0.5) is 13.2 Å². The van der Waals surface area contributed by atoms with Gasteiger partial charge in [0.25, 0.3) is 0 Å². The lowest BCUT2D eigenvalue weighted by atomic mass is 9.99. The Labute approximate surface area is 104 Å². The highest BCUT2D eigenvalue weighted by molar-refractivity contribution is 5.96. The summed E-state index contributed by atoms with van der Waals surface area (Å²) in [5.74, 6) is 0.0902. The second kappa shape index (κ2) is 6.00. The van der Waals surface area contributed by atoms with Gasteiger partial charge in [-0.2, -0.15) is 13.2 Å². The highest BCUT2D eigenvalue weighted by Gasteiger charge is 2.30. The molecule has 1 aromatic carbocycles. The number of benzene rings is 1. The second-order valence-corrected chi connectivity index (χ2v) is 4.38. The smallest absolute Gasteiger partial charge is 0.330 e. The molecule has 1 aromatic rings. The summed E-state index contributed by atoms with van der Waals surface area (Å²) >= 11 is 0. The third kappa shape index (κ3) is 4.14. The van der Waals surface area contributed by atoms with Crippen LogP contribution in [0.15, 0.2) is 24.3 Å². The Morgan fingerprint density at radius 2 is 1.83 bits per heavy atom. The van der Waals surface area contributed by atoms with E-state index < -0.39 is 11.7 Å². The van der Waals surface area contributed by atoms with Crippen molar-refractivity contribution < 1.29 is 18.0 Å². The van der Waals surface area contributed by atoms with Gasteiger partial charge < -0.3 is 5.73 Å². The molecular formula is C13H16F3NO. The van der Waals surface area contributed by atoms with Crippen molar-refractivity contribution in [1.29, 1.82) is 0 Å². The fourth-order valence-electron chi connectivity index (χ4n) is 1.48. The summed E-state index contributed by atoms with van der Waals surface area (Å²) in [6.45, 7) is 2.43. The first-order valence-electron chi connectivity index (χ1n) is 5.75. The van der Waals surface area contributed by atoms with Crippen LogP contribution in [0.25, 0.3) is 0 Å². The molecule has 100 valence electrons. The molecule has 1 rings (SSSR count). The molecule has 0 aliphatic rings. The maximum absolute atomic E-state index is 12.3. The van der Waals surface area contributed by atoms with Gasteiger partial charge in [0.05, 0.1) is 5.56 Å². The number of rotatable bonds is 5. The van der Waals surface area contributed by atoms with Crippen LogP contribution in [0.5, 0.6) is 0 Å². The van der Waals surface area contributed by atoms with E-state index in [9.17, 15) is 18.0 Å². The summed E-state index contributed by atoms with van der Waals surface area (Å²) in [5, 5.41) is 0. The number of alkyl halides is 3. The first kappa shape index (κ1) is 14.7. The first-order chi connectivity index (χ1) is 8.34. The van der Waals surface area contributed by atoms with Crippen LogP contribution in [-0.4, -0.2) is 12.3 Å². The van der Waals surface area contributed by atoms with E-state index in [1.165, 1.54) is 12.1 Å². The normalized spacial score (nSPS) is 13.4. The summed E-state index contributed by atoms with van der Waals surface area (Å²) in [5.41, 5.74) is 5.00. The Hall–Kier alpha value is -1.36. The molecule has 0 bridgehead atoms. The van der Waals surface area contributed by atoms with Crippen molar-refractivity contribution in [3.63, 3.8) is 0 Å². The summed E-state index contributed by atoms with van der Waals surface area (Å²) in [4.78, 5) is 11.7. The van der Waals surface area contributed by atoms with Crippen LogP contribution in [0, 0.1) is 5.92 Å². The molecule has 1 unspecified atom stereocenters. The molecule has 0 saturated carbocycles. The van der Waals surface area contributed by atoms with E-state index in [1.807, 2.05) is 6.92 Å². The Bertz CT molecular complexity index is 398. The maximum Gasteiger partial charge on any atom is 0.416 e. The average Bonchev–Trinajstić information content (AvgIpc) is 2.34. The number of carbonyl (C=O) groups excluding carboxylic acids is 1. The fraction of sp³-hybridized carbons (Fsp3) is 0.462. The van der Waals surface area contributed by atoms with Gasteiger partial charge >= 0.3 is 6.18 Å². The molecule has 0 aliphatic heterocycles. The van der Waals surface area contributed by atoms with Crippen LogP contribution in [0.1, 0.15) is 35.7 Å². The van der Waals surface area contributed by atoms with Gasteiger partial charge in [0, 0.05) is 12.0 Å². The van der Waals surface area contributed by atoms with E-state index in [4.69, 9.17) is 5.73 Å². The topological polar surface area (TPSA) is 43.1 Å². The minimum atomic E-state index is -4.37. The number of nitrogens with two attached hydrogens (primary N) is 1. The van der Waals surface area contributed by atoms with Crippen molar-refractivity contribution in [3.8, 4) is 0 Å². The highest BCUT2D eigenvalue weighted by Crippen LogP contribution is 2.29. The van der Waals surface area contributed by atoms with E-state index in [0.29, 0.717) is 24.9 Å². The van der Waals surface area contributed by atoms with E-state index in [1.54, 1.807) is 0 Å². The predicted molar refractivity (Wildman–Crippen MR) is 63.2 cm³/mol. The molecule has 0 aromatic heterocycles. The van der Waals surface area contributed by atoms with Gasteiger partial charge in [-0.1, -0.05) is 19.1 Å². The highest BCUT2D eigenvalue weighted by atomic mass is 19.4. The Morgan fingerprint density at radius 1 is 1.28 bits per heavy atom. The monoisotopic (exact) mass is 259 g/mol. The summed E-state index contributed by atoms with van der Waals surface area (Å²) in [6, 6.07) is 4.30. The van der Waals surface area contributed by atoms with Gasteiger partial charge in [0.2, 0.25) is 0 Å². The third-order valence-corrected chi connectivity index (χ3v) is 2.80. The summed E-state index contributed by atoms with van der Waals surface area (Å²) in [7, 11) is 0. The van der Waals surface area contributed by atoms with Crippen molar-refractivity contribution >= 4 is 5.78 Å². The molecule has 1 atom stereocenters. The summed E-state index contributed by atoms with van der Waals surface area (Å²) < 4.78 is 37.0. The lowest BCUT2D eigenvalue weighted by Gasteiger charge is -2.09. The van der Waals surface area contributed by atoms with Gasteiger partial charge in [0.15, 0.2) is 5.78 Å². The molecule has 0 radical (unpaired) electrons. The lowest BCUT2D eigenvalue weighted by Crippen LogP contribution is -2.12. The van der Waals surface area contributed by atoms with Crippen molar-refractivity contribution in [2.24, 2.45) is 11.7 Å². The Morgan fingerprint density at radius 3 is 2.28 bits per heavy atom. The fourth-order valence-corrected chi connectivity index (χ4v) is 1.48. The molecule has 0 saturated heterocycles. The van der Waals surface area contributed by atoms with Crippen LogP contribution in [0.2, 0.25) is 0 Å². The van der Waals surface area contributed by atoms with Crippen molar-refractivity contribution in [2.45, 2.75) is 25.9 Å². The molecule has 5 heteroatoms. The molecule has 2 nitrogen and oxygen atoms in total. The standard InChI is InChI=1S/C13H16F3NO/c1-9(8-17)2-7-12(18)10-3-5-11(6-4-10)13(14,15)16/h3-6,9H,2,7-8,17H2,1H3. The van der Waals surface area contributed by atoms with Crippen LogP contribution >= 0.6 is 0 Å². The van der Waals surface area contributed by atoms with Crippen LogP contribution in [-0.2, 0) is 6.18 Å². The zero-order valence-electron chi connectivity index (χ0n) is 10.1. The molecule has 0 aliphatic carbocycles. The van der Waals surface area contributed by atoms with Gasteiger partial charge in [-0.25, -0.2) is 0 Å². The van der Waals surface area contributed by atoms with Crippen LogP contribution < -0.4 is 5.73 Å². The van der Waals surface area contributed by atoms with Gasteiger partial charge in [-0.15, -0.1) is 0 Å². The van der Waals surface area contributed by atoms with E-state index >= 15 is 0 Å². The zero-order chi connectivity index (χ0) is 13.8. The minimum Gasteiger partial charge on any atom is -0.330 e. The molecule has 0 heterocycles. The second-order valence-electron chi connectivity index (χ2n) is 4.38. The van der Waals surface area contributed by atoms with Crippen molar-refractivity contribution in [3.05, 3.63) is 35.4 Å². The zero-order valence-corrected chi connectivity index (χ0v) is 10.1. The van der Waals surface area contributed by atoms with Crippen molar-refractivity contribution in [2.75, 3.05) is 6.54 Å². The quantitative estimate of drug-likeness (QED) is 0.825. The molecule has 0 fully saturated rings. The third-order valence-electron chi connectivity index (χ3n) is 2.80. The van der Waals surface area contributed by atoms with E-state index in [-0.39, 0.29) is 11.7 Å². The van der Waals surface area contributed by atoms with E-state index in [0.717, 1.165) is 12.1 Å². The number of ketones is 1. The van der Waals surface area contributed by atoms with Crippen molar-refractivity contribution in [1.82, 2.24) is 0 Å². The molecule has 0 amide bonds. The number of hydrogen-bond donors (Lipinski definition) is 1. The number of halogens is 3. The number of Topliss-reactive ketones (excluding diaryl/α,β-unsaturated/α-hetero) is 1. The molecule has 0 spiro atoms. The molecule has 18 heavy (non-hydrogen) atoms. The SMILES string of the molecule is CC(CN)CCC(=O)c1ccc(C(F)(F)F)cc1. The molecule has 2 N–H and O–H groups in total.